The molecule has 1 aromatic carbocycles. The normalized spacial score (nSPS) is 20.4. The third-order valence-electron chi connectivity index (χ3n) is 5.58. The van der Waals surface area contributed by atoms with E-state index in [1.807, 2.05) is 0 Å². The Labute approximate surface area is 179 Å². The van der Waals surface area contributed by atoms with Crippen LogP contribution in [0.4, 0.5) is 11.5 Å². The predicted octanol–water partition coefficient (Wildman–Crippen LogP) is 1.79. The number of ketones is 1. The Bertz CT molecular complexity index is 1070. The number of anilines is 2. The number of fused-ring (bicyclic) bond motifs is 1. The first-order valence-corrected chi connectivity index (χ1v) is 10.1. The summed E-state index contributed by atoms with van der Waals surface area (Å²) in [5.74, 6) is -0.340. The van der Waals surface area contributed by atoms with E-state index in [0.29, 0.717) is 42.0 Å². The Morgan fingerprint density at radius 1 is 1.16 bits per heavy atom. The van der Waals surface area contributed by atoms with Crippen molar-refractivity contribution in [3.63, 3.8) is 0 Å². The number of carbonyl (C=O) groups excluding carboxylic acids is 4. The second-order valence-corrected chi connectivity index (χ2v) is 7.81. The van der Waals surface area contributed by atoms with Gasteiger partial charge in [-0.15, -0.1) is 0 Å². The Kier molecular flexibility index (Phi) is 5.41. The average Bonchev–Trinajstić information content (AvgIpc) is 2.88. The molecule has 9 nitrogen and oxygen atoms in total. The van der Waals surface area contributed by atoms with Gasteiger partial charge in [0.1, 0.15) is 11.5 Å². The highest BCUT2D eigenvalue weighted by atomic mass is 16.2. The zero-order valence-corrected chi connectivity index (χ0v) is 17.1. The SMILES string of the molecule is CC(=O)c1cccc(NC(=O)CN2CCC3(CCC2=O)NC(=O)c2cccnc2N3)c1. The van der Waals surface area contributed by atoms with Crippen LogP contribution in [0.25, 0.3) is 0 Å². The van der Waals surface area contributed by atoms with Crippen molar-refractivity contribution < 1.29 is 19.2 Å². The summed E-state index contributed by atoms with van der Waals surface area (Å²) in [6.07, 6.45) is 2.63. The molecule has 1 atom stereocenters. The van der Waals surface area contributed by atoms with Gasteiger partial charge in [-0.05, 0) is 37.6 Å². The number of benzene rings is 1. The van der Waals surface area contributed by atoms with Gasteiger partial charge in [0.15, 0.2) is 5.78 Å². The van der Waals surface area contributed by atoms with Crippen LogP contribution in [0.5, 0.6) is 0 Å². The molecule has 9 heteroatoms. The topological polar surface area (TPSA) is 121 Å². The molecule has 1 aromatic heterocycles. The first-order chi connectivity index (χ1) is 14.8. The fourth-order valence-electron chi connectivity index (χ4n) is 3.89. The lowest BCUT2D eigenvalue weighted by atomic mass is 9.97. The van der Waals surface area contributed by atoms with E-state index in [9.17, 15) is 19.2 Å². The van der Waals surface area contributed by atoms with Crippen LogP contribution >= 0.6 is 0 Å². The molecular weight excluding hydrogens is 398 g/mol. The van der Waals surface area contributed by atoms with Crippen molar-refractivity contribution in [1.82, 2.24) is 15.2 Å². The van der Waals surface area contributed by atoms with Gasteiger partial charge in [0.25, 0.3) is 5.91 Å². The molecule has 1 unspecified atom stereocenters. The summed E-state index contributed by atoms with van der Waals surface area (Å²) in [6.45, 7) is 1.65. The molecule has 2 aliphatic heterocycles. The van der Waals surface area contributed by atoms with Crippen LogP contribution in [-0.2, 0) is 9.59 Å². The number of carbonyl (C=O) groups is 4. The van der Waals surface area contributed by atoms with Gasteiger partial charge in [0.05, 0.1) is 12.1 Å². The summed E-state index contributed by atoms with van der Waals surface area (Å²) < 4.78 is 0. The zero-order chi connectivity index (χ0) is 22.0. The predicted molar refractivity (Wildman–Crippen MR) is 114 cm³/mol. The van der Waals surface area contributed by atoms with Gasteiger partial charge in [0.2, 0.25) is 11.8 Å². The van der Waals surface area contributed by atoms with Crippen molar-refractivity contribution in [3.05, 3.63) is 53.7 Å². The first-order valence-electron chi connectivity index (χ1n) is 10.1. The summed E-state index contributed by atoms with van der Waals surface area (Å²) in [5.41, 5.74) is 0.682. The molecule has 1 saturated heterocycles. The lowest BCUT2D eigenvalue weighted by Crippen LogP contribution is -2.58. The van der Waals surface area contributed by atoms with E-state index >= 15 is 0 Å². The van der Waals surface area contributed by atoms with E-state index in [2.05, 4.69) is 20.9 Å². The Morgan fingerprint density at radius 2 is 2.00 bits per heavy atom. The van der Waals surface area contributed by atoms with Crippen molar-refractivity contribution in [1.29, 1.82) is 0 Å². The number of nitrogens with zero attached hydrogens (tertiary/aromatic N) is 2. The number of nitrogens with one attached hydrogen (secondary N) is 3. The molecule has 2 aromatic rings. The largest absolute Gasteiger partial charge is 0.347 e. The summed E-state index contributed by atoms with van der Waals surface area (Å²) in [5, 5.41) is 8.99. The summed E-state index contributed by atoms with van der Waals surface area (Å²) in [6, 6.07) is 10.0. The van der Waals surface area contributed by atoms with Crippen LogP contribution in [0, 0.1) is 0 Å². The minimum absolute atomic E-state index is 0.0952. The minimum atomic E-state index is -0.783. The van der Waals surface area contributed by atoms with Crippen LogP contribution in [0.1, 0.15) is 46.9 Å². The number of pyridine rings is 1. The van der Waals surface area contributed by atoms with Crippen molar-refractivity contribution in [2.24, 2.45) is 0 Å². The molecule has 4 rings (SSSR count). The first kappa shape index (κ1) is 20.5. The maximum Gasteiger partial charge on any atom is 0.256 e. The minimum Gasteiger partial charge on any atom is -0.347 e. The Morgan fingerprint density at radius 3 is 2.81 bits per heavy atom. The van der Waals surface area contributed by atoms with Crippen LogP contribution in [-0.4, -0.2) is 52.1 Å². The molecule has 1 spiro atoms. The zero-order valence-electron chi connectivity index (χ0n) is 17.1. The summed E-state index contributed by atoms with van der Waals surface area (Å²) in [7, 11) is 0. The fraction of sp³-hybridized carbons (Fsp3) is 0.318. The lowest BCUT2D eigenvalue weighted by Gasteiger charge is -2.39. The molecule has 3 heterocycles. The van der Waals surface area contributed by atoms with Crippen LogP contribution in [0.3, 0.4) is 0 Å². The lowest BCUT2D eigenvalue weighted by molar-refractivity contribution is -0.134. The van der Waals surface area contributed by atoms with Crippen molar-refractivity contribution in [2.75, 3.05) is 23.7 Å². The highest BCUT2D eigenvalue weighted by molar-refractivity contribution is 6.01. The van der Waals surface area contributed by atoms with Gasteiger partial charge < -0.3 is 20.9 Å². The molecule has 0 aliphatic carbocycles. The van der Waals surface area contributed by atoms with E-state index in [1.165, 1.54) is 11.8 Å². The van der Waals surface area contributed by atoms with E-state index in [-0.39, 0.29) is 36.5 Å². The van der Waals surface area contributed by atoms with E-state index in [1.54, 1.807) is 42.6 Å². The number of aromatic nitrogens is 1. The van der Waals surface area contributed by atoms with Crippen LogP contribution < -0.4 is 16.0 Å². The second-order valence-electron chi connectivity index (χ2n) is 7.81. The number of amides is 3. The third-order valence-corrected chi connectivity index (χ3v) is 5.58. The number of likely N-dealkylation sites (tertiary alicyclic amines) is 1. The molecule has 2 aliphatic rings. The number of hydrogen-bond acceptors (Lipinski definition) is 6. The van der Waals surface area contributed by atoms with E-state index in [4.69, 9.17) is 0 Å². The Hall–Kier alpha value is -3.75. The summed E-state index contributed by atoms with van der Waals surface area (Å²) in [4.78, 5) is 54.9. The van der Waals surface area contributed by atoms with Crippen LogP contribution in [0.2, 0.25) is 0 Å². The second kappa shape index (κ2) is 8.17. The number of hydrogen-bond donors (Lipinski definition) is 3. The summed E-state index contributed by atoms with van der Waals surface area (Å²) >= 11 is 0. The van der Waals surface area contributed by atoms with Gasteiger partial charge >= 0.3 is 0 Å². The number of rotatable bonds is 4. The fourth-order valence-corrected chi connectivity index (χ4v) is 3.89. The van der Waals surface area contributed by atoms with E-state index in [0.717, 1.165) is 0 Å². The smallest absolute Gasteiger partial charge is 0.256 e. The quantitative estimate of drug-likeness (QED) is 0.648. The van der Waals surface area contributed by atoms with Crippen molar-refractivity contribution in [3.8, 4) is 0 Å². The number of Topliss-reactive ketones (excluding diaryl/α,β-unsaturated/α-hetero) is 1. The molecular formula is C22H23N5O4. The maximum atomic E-state index is 12.6. The van der Waals surface area contributed by atoms with Crippen molar-refractivity contribution >= 4 is 35.0 Å². The molecule has 31 heavy (non-hydrogen) atoms. The Balaban J connectivity index is 1.42. The molecule has 3 N–H and O–H groups in total. The van der Waals surface area contributed by atoms with Gasteiger partial charge in [0, 0.05) is 36.8 Å². The van der Waals surface area contributed by atoms with Gasteiger partial charge in [-0.1, -0.05) is 12.1 Å². The molecule has 3 amide bonds. The molecule has 0 saturated carbocycles. The van der Waals surface area contributed by atoms with E-state index < -0.39 is 5.66 Å². The monoisotopic (exact) mass is 421 g/mol. The highest BCUT2D eigenvalue weighted by Gasteiger charge is 2.41. The maximum absolute atomic E-state index is 12.6. The molecule has 1 fully saturated rings. The van der Waals surface area contributed by atoms with Gasteiger partial charge in [-0.25, -0.2) is 4.98 Å². The van der Waals surface area contributed by atoms with Gasteiger partial charge in [-0.3, -0.25) is 19.2 Å². The van der Waals surface area contributed by atoms with Gasteiger partial charge in [-0.2, -0.15) is 0 Å². The molecule has 160 valence electrons. The standard InChI is InChI=1S/C22H23N5O4/c1-14(28)15-4-2-5-16(12-15)24-18(29)13-27-11-9-22(8-7-19(27)30)25-20-17(21(31)26-22)6-3-10-23-20/h2-6,10,12H,7-9,11,13H2,1H3,(H,23,25)(H,24,29)(H,26,31). The molecule has 0 radical (unpaired) electrons. The van der Waals surface area contributed by atoms with Crippen molar-refractivity contribution in [2.45, 2.75) is 31.8 Å². The average molecular weight is 421 g/mol. The molecule has 0 bridgehead atoms. The highest BCUT2D eigenvalue weighted by Crippen LogP contribution is 2.30. The van der Waals surface area contributed by atoms with Crippen LogP contribution in [0.15, 0.2) is 42.6 Å². The third kappa shape index (κ3) is 4.40.